The topological polar surface area (TPSA) is 24.4 Å². The minimum atomic E-state index is -0.0678. The van der Waals surface area contributed by atoms with E-state index in [0.29, 0.717) is 12.0 Å². The summed E-state index contributed by atoms with van der Waals surface area (Å²) in [5, 5.41) is 3.72. The minimum absolute atomic E-state index is 0.0678. The Bertz CT molecular complexity index is 699. The van der Waals surface area contributed by atoms with Crippen LogP contribution in [0.5, 0.6) is 0 Å². The van der Waals surface area contributed by atoms with Gasteiger partial charge in [-0.3, -0.25) is 4.99 Å². The first-order chi connectivity index (χ1) is 11.3. The van der Waals surface area contributed by atoms with Gasteiger partial charge in [0, 0.05) is 23.4 Å². The highest BCUT2D eigenvalue weighted by Gasteiger charge is 2.30. The van der Waals surface area contributed by atoms with Crippen molar-refractivity contribution in [2.45, 2.75) is 47.6 Å². The predicted molar refractivity (Wildman–Crippen MR) is 107 cm³/mol. The van der Waals surface area contributed by atoms with Gasteiger partial charge in [0.1, 0.15) is 0 Å². The van der Waals surface area contributed by atoms with E-state index in [2.05, 4.69) is 102 Å². The number of benzene rings is 2. The van der Waals surface area contributed by atoms with Crippen LogP contribution < -0.4 is 5.32 Å². The van der Waals surface area contributed by atoms with Crippen molar-refractivity contribution < 1.29 is 0 Å². The monoisotopic (exact) mass is 322 g/mol. The van der Waals surface area contributed by atoms with E-state index < -0.39 is 0 Å². The molecule has 2 heteroatoms. The number of nitrogens with one attached hydrogen (secondary N) is 1. The summed E-state index contributed by atoms with van der Waals surface area (Å²) in [6.07, 6.45) is 2.09. The van der Waals surface area contributed by atoms with Crippen LogP contribution in [-0.4, -0.2) is 12.3 Å². The van der Waals surface area contributed by atoms with Crippen molar-refractivity contribution >= 4 is 17.6 Å². The van der Waals surface area contributed by atoms with E-state index in [1.807, 2.05) is 0 Å². The summed E-state index contributed by atoms with van der Waals surface area (Å²) in [6, 6.07) is 17.2. The van der Waals surface area contributed by atoms with Crippen LogP contribution in [0.3, 0.4) is 0 Å². The first kappa shape index (κ1) is 18.3. The van der Waals surface area contributed by atoms with Gasteiger partial charge in [-0.15, -0.1) is 0 Å². The molecule has 0 saturated carbocycles. The standard InChI is InChI=1S/C22H30N2/c1-16(2)21(24-20-12-8-10-18(4)14-20)22(5,6)15-23-19-11-7-9-17(3)13-19/h7-16,21,24H,1-6H3. The van der Waals surface area contributed by atoms with Crippen LogP contribution in [0.25, 0.3) is 0 Å². The maximum Gasteiger partial charge on any atom is 0.0628 e. The number of rotatable bonds is 6. The zero-order chi connectivity index (χ0) is 17.7. The summed E-state index contributed by atoms with van der Waals surface area (Å²) in [4.78, 5) is 4.74. The number of hydrogen-bond donors (Lipinski definition) is 1. The van der Waals surface area contributed by atoms with E-state index in [1.54, 1.807) is 0 Å². The van der Waals surface area contributed by atoms with Crippen molar-refractivity contribution in [2.75, 3.05) is 5.32 Å². The molecule has 0 saturated heterocycles. The zero-order valence-corrected chi connectivity index (χ0v) is 15.8. The molecule has 0 spiro atoms. The molecule has 0 aromatic heterocycles. The van der Waals surface area contributed by atoms with E-state index >= 15 is 0 Å². The van der Waals surface area contributed by atoms with Crippen molar-refractivity contribution in [3.8, 4) is 0 Å². The van der Waals surface area contributed by atoms with Crippen LogP contribution in [0.1, 0.15) is 38.8 Å². The molecular weight excluding hydrogens is 292 g/mol. The Balaban J connectivity index is 2.21. The zero-order valence-electron chi connectivity index (χ0n) is 15.8. The average molecular weight is 322 g/mol. The fraction of sp³-hybridized carbons (Fsp3) is 0.409. The highest BCUT2D eigenvalue weighted by molar-refractivity contribution is 5.71. The SMILES string of the molecule is Cc1cccc(N=CC(C)(C)C(Nc2cccc(C)c2)C(C)C)c1. The molecule has 0 aliphatic carbocycles. The maximum atomic E-state index is 4.74. The van der Waals surface area contributed by atoms with E-state index in [0.717, 1.165) is 5.69 Å². The predicted octanol–water partition coefficient (Wildman–Crippen LogP) is 6.17. The smallest absolute Gasteiger partial charge is 0.0628 e. The van der Waals surface area contributed by atoms with Crippen molar-refractivity contribution in [1.82, 2.24) is 0 Å². The summed E-state index contributed by atoms with van der Waals surface area (Å²) < 4.78 is 0. The lowest BCUT2D eigenvalue weighted by Crippen LogP contribution is -2.41. The summed E-state index contributed by atoms with van der Waals surface area (Å²) in [5.74, 6) is 0.490. The van der Waals surface area contributed by atoms with Gasteiger partial charge in [-0.1, -0.05) is 52.0 Å². The highest BCUT2D eigenvalue weighted by Crippen LogP contribution is 2.29. The lowest BCUT2D eigenvalue weighted by Gasteiger charge is -2.35. The van der Waals surface area contributed by atoms with Crippen LogP contribution >= 0.6 is 0 Å². The second-order valence-electron chi connectivity index (χ2n) is 7.65. The molecule has 1 atom stereocenters. The van der Waals surface area contributed by atoms with Crippen LogP contribution in [0.2, 0.25) is 0 Å². The molecule has 0 aliphatic rings. The van der Waals surface area contributed by atoms with Gasteiger partial charge in [-0.2, -0.15) is 0 Å². The van der Waals surface area contributed by atoms with Gasteiger partial charge in [0.25, 0.3) is 0 Å². The van der Waals surface area contributed by atoms with Crippen LogP contribution in [0, 0.1) is 25.2 Å². The Kier molecular flexibility index (Phi) is 5.82. The van der Waals surface area contributed by atoms with E-state index in [-0.39, 0.29) is 5.41 Å². The largest absolute Gasteiger partial charge is 0.381 e. The molecule has 0 heterocycles. The summed E-state index contributed by atoms with van der Waals surface area (Å²) in [7, 11) is 0. The van der Waals surface area contributed by atoms with Gasteiger partial charge < -0.3 is 5.32 Å². The number of nitrogens with zero attached hydrogens (tertiary/aromatic N) is 1. The normalized spacial score (nSPS) is 13.5. The lowest BCUT2D eigenvalue weighted by molar-refractivity contribution is 0.353. The molecule has 24 heavy (non-hydrogen) atoms. The molecule has 2 rings (SSSR count). The Morgan fingerprint density at radius 3 is 2.17 bits per heavy atom. The van der Waals surface area contributed by atoms with Gasteiger partial charge in [-0.05, 0) is 55.2 Å². The maximum absolute atomic E-state index is 4.74. The average Bonchev–Trinajstić information content (AvgIpc) is 2.50. The molecule has 0 radical (unpaired) electrons. The Morgan fingerprint density at radius 2 is 1.58 bits per heavy atom. The van der Waals surface area contributed by atoms with Crippen LogP contribution in [-0.2, 0) is 0 Å². The molecular formula is C22H30N2. The van der Waals surface area contributed by atoms with E-state index in [1.165, 1.54) is 16.8 Å². The second kappa shape index (κ2) is 7.65. The summed E-state index contributed by atoms with van der Waals surface area (Å²) >= 11 is 0. The van der Waals surface area contributed by atoms with Crippen LogP contribution in [0.4, 0.5) is 11.4 Å². The number of hydrogen-bond acceptors (Lipinski definition) is 2. The Labute approximate surface area is 147 Å². The fourth-order valence-electron chi connectivity index (χ4n) is 3.16. The summed E-state index contributed by atoms with van der Waals surface area (Å²) in [6.45, 7) is 13.2. The fourth-order valence-corrected chi connectivity index (χ4v) is 3.16. The molecule has 2 aromatic rings. The van der Waals surface area contributed by atoms with Gasteiger partial charge >= 0.3 is 0 Å². The van der Waals surface area contributed by atoms with Crippen molar-refractivity contribution in [2.24, 2.45) is 16.3 Å². The molecule has 1 unspecified atom stereocenters. The minimum Gasteiger partial charge on any atom is -0.381 e. The van der Waals surface area contributed by atoms with Crippen molar-refractivity contribution in [3.63, 3.8) is 0 Å². The van der Waals surface area contributed by atoms with Gasteiger partial charge in [0.15, 0.2) is 0 Å². The Morgan fingerprint density at radius 1 is 0.958 bits per heavy atom. The number of aryl methyl sites for hydroxylation is 2. The van der Waals surface area contributed by atoms with Gasteiger partial charge in [-0.25, -0.2) is 0 Å². The van der Waals surface area contributed by atoms with Crippen molar-refractivity contribution in [3.05, 3.63) is 59.7 Å². The van der Waals surface area contributed by atoms with Gasteiger partial charge in [0.2, 0.25) is 0 Å². The molecule has 128 valence electrons. The number of anilines is 1. The second-order valence-corrected chi connectivity index (χ2v) is 7.65. The third-order valence-corrected chi connectivity index (χ3v) is 4.36. The lowest BCUT2D eigenvalue weighted by atomic mass is 9.79. The molecule has 1 N–H and O–H groups in total. The molecule has 0 fully saturated rings. The van der Waals surface area contributed by atoms with Crippen molar-refractivity contribution in [1.29, 1.82) is 0 Å². The molecule has 0 amide bonds. The molecule has 2 aromatic carbocycles. The van der Waals surface area contributed by atoms with Crippen LogP contribution in [0.15, 0.2) is 53.5 Å². The first-order valence-electron chi connectivity index (χ1n) is 8.73. The molecule has 0 aliphatic heterocycles. The van der Waals surface area contributed by atoms with Gasteiger partial charge in [0.05, 0.1) is 5.69 Å². The highest BCUT2D eigenvalue weighted by atomic mass is 14.9. The third kappa shape index (κ3) is 4.95. The number of aliphatic imine (C=N–C) groups is 1. The Hall–Kier alpha value is -2.09. The summed E-state index contributed by atoms with van der Waals surface area (Å²) in [5.41, 5.74) is 4.63. The first-order valence-corrected chi connectivity index (χ1v) is 8.73. The van der Waals surface area contributed by atoms with E-state index in [9.17, 15) is 0 Å². The quantitative estimate of drug-likeness (QED) is 0.632. The third-order valence-electron chi connectivity index (χ3n) is 4.36. The molecule has 2 nitrogen and oxygen atoms in total. The molecule has 0 bridgehead atoms. The van der Waals surface area contributed by atoms with E-state index in [4.69, 9.17) is 4.99 Å².